The van der Waals surface area contributed by atoms with E-state index in [1.807, 2.05) is 29.2 Å². The summed E-state index contributed by atoms with van der Waals surface area (Å²) in [6, 6.07) is 1.99. The Bertz CT molecular complexity index is 560. The molecule has 0 atom stereocenters. The van der Waals surface area contributed by atoms with E-state index in [9.17, 15) is 0 Å². The minimum atomic E-state index is 0.626. The molecule has 0 unspecified atom stereocenters. The van der Waals surface area contributed by atoms with Crippen molar-refractivity contribution in [2.75, 3.05) is 6.54 Å². The van der Waals surface area contributed by atoms with Gasteiger partial charge in [0.25, 0.3) is 0 Å². The second-order valence-corrected chi connectivity index (χ2v) is 4.53. The van der Waals surface area contributed by atoms with Crippen LogP contribution in [0.5, 0.6) is 0 Å². The molecule has 0 aliphatic carbocycles. The summed E-state index contributed by atoms with van der Waals surface area (Å²) < 4.78 is 1.82. The van der Waals surface area contributed by atoms with Crippen LogP contribution in [-0.2, 0) is 6.42 Å². The number of imidazole rings is 1. The number of hydrogen-bond donors (Lipinski definition) is 2. The highest BCUT2D eigenvalue weighted by atomic mass is 32.1. The Morgan fingerprint density at radius 3 is 3.12 bits per heavy atom. The number of H-pyrrole nitrogens is 1. The maximum absolute atomic E-state index is 5.49. The minimum Gasteiger partial charge on any atom is -0.367 e. The van der Waals surface area contributed by atoms with E-state index >= 15 is 0 Å². The highest BCUT2D eigenvalue weighted by Gasteiger charge is 2.09. The molecule has 3 aromatic rings. The summed E-state index contributed by atoms with van der Waals surface area (Å²) in [7, 11) is 0. The summed E-state index contributed by atoms with van der Waals surface area (Å²) in [6.07, 6.45) is 6.56. The summed E-state index contributed by atoms with van der Waals surface area (Å²) in [5, 5.41) is 5.45. The van der Waals surface area contributed by atoms with Crippen LogP contribution in [0.25, 0.3) is 16.2 Å². The lowest BCUT2D eigenvalue weighted by Crippen LogP contribution is -2.02. The number of nitrogens with one attached hydrogen (secondary N) is 1. The Balaban J connectivity index is 2.02. The van der Waals surface area contributed by atoms with E-state index in [4.69, 9.17) is 5.73 Å². The van der Waals surface area contributed by atoms with E-state index in [1.165, 1.54) is 0 Å². The van der Waals surface area contributed by atoms with Crippen molar-refractivity contribution in [1.82, 2.24) is 19.6 Å². The average molecular weight is 233 g/mol. The number of rotatable bonds is 3. The predicted octanol–water partition coefficient (Wildman–Crippen LogP) is 1.29. The first-order chi connectivity index (χ1) is 7.86. The Morgan fingerprint density at radius 1 is 1.50 bits per heavy atom. The van der Waals surface area contributed by atoms with E-state index < -0.39 is 0 Å². The molecular weight excluding hydrogens is 222 g/mol. The van der Waals surface area contributed by atoms with Crippen molar-refractivity contribution in [3.63, 3.8) is 0 Å². The van der Waals surface area contributed by atoms with Crippen molar-refractivity contribution < 1.29 is 0 Å². The van der Waals surface area contributed by atoms with Crippen LogP contribution < -0.4 is 5.73 Å². The first-order valence-electron chi connectivity index (χ1n) is 5.05. The van der Waals surface area contributed by atoms with Crippen molar-refractivity contribution in [3.05, 3.63) is 29.7 Å². The molecule has 0 saturated heterocycles. The summed E-state index contributed by atoms with van der Waals surface area (Å²) in [6.45, 7) is 0.626. The third kappa shape index (κ3) is 1.52. The molecule has 0 bridgehead atoms. The van der Waals surface area contributed by atoms with Gasteiger partial charge in [0.15, 0.2) is 0 Å². The van der Waals surface area contributed by atoms with Gasteiger partial charge in [0.05, 0.1) is 11.9 Å². The van der Waals surface area contributed by atoms with E-state index in [0.717, 1.165) is 27.6 Å². The lowest BCUT2D eigenvalue weighted by atomic mass is 10.3. The molecule has 3 aromatic heterocycles. The highest BCUT2D eigenvalue weighted by molar-refractivity contribution is 7.16. The zero-order valence-electron chi connectivity index (χ0n) is 8.55. The quantitative estimate of drug-likeness (QED) is 0.716. The fraction of sp³-hybridized carbons (Fsp3) is 0.200. The van der Waals surface area contributed by atoms with E-state index in [1.54, 1.807) is 11.3 Å². The van der Waals surface area contributed by atoms with Crippen LogP contribution in [-0.4, -0.2) is 26.1 Å². The van der Waals surface area contributed by atoms with Gasteiger partial charge in [-0.1, -0.05) is 11.3 Å². The van der Waals surface area contributed by atoms with Crippen LogP contribution >= 0.6 is 11.3 Å². The second-order valence-electron chi connectivity index (χ2n) is 3.49. The average Bonchev–Trinajstić information content (AvgIpc) is 2.89. The monoisotopic (exact) mass is 233 g/mol. The molecule has 0 aromatic carbocycles. The zero-order chi connectivity index (χ0) is 11.0. The molecule has 0 saturated carbocycles. The predicted molar refractivity (Wildman–Crippen MR) is 63.4 cm³/mol. The normalized spacial score (nSPS) is 11.3. The molecule has 5 nitrogen and oxygen atoms in total. The van der Waals surface area contributed by atoms with Crippen LogP contribution in [0.1, 0.15) is 5.01 Å². The van der Waals surface area contributed by atoms with Crippen molar-refractivity contribution in [2.45, 2.75) is 6.42 Å². The number of aromatic nitrogens is 4. The molecule has 3 N–H and O–H groups in total. The van der Waals surface area contributed by atoms with Gasteiger partial charge in [-0.05, 0) is 12.6 Å². The fourth-order valence-electron chi connectivity index (χ4n) is 1.59. The number of nitrogens with zero attached hydrogens (tertiary/aromatic N) is 3. The van der Waals surface area contributed by atoms with E-state index in [2.05, 4.69) is 15.1 Å². The van der Waals surface area contributed by atoms with Gasteiger partial charge in [-0.3, -0.25) is 0 Å². The van der Waals surface area contributed by atoms with Crippen molar-refractivity contribution in [1.29, 1.82) is 0 Å². The number of nitrogens with two attached hydrogens (primary N) is 1. The molecule has 0 spiro atoms. The fourth-order valence-corrected chi connectivity index (χ4v) is 2.48. The second kappa shape index (κ2) is 3.73. The lowest BCUT2D eigenvalue weighted by Gasteiger charge is -1.88. The molecule has 0 amide bonds. The van der Waals surface area contributed by atoms with Crippen molar-refractivity contribution in [2.24, 2.45) is 5.73 Å². The van der Waals surface area contributed by atoms with Gasteiger partial charge < -0.3 is 10.7 Å². The lowest BCUT2D eigenvalue weighted by molar-refractivity contribution is 0.873. The number of hydrogen-bond acceptors (Lipinski definition) is 4. The molecule has 3 heterocycles. The minimum absolute atomic E-state index is 0.626. The smallest absolute Gasteiger partial charge is 0.212 e. The Kier molecular flexibility index (Phi) is 2.23. The Hall–Kier alpha value is -1.66. The standard InChI is InChI=1S/C10H11N5S/c11-3-1-9-14-15-6-8(13-10(15)16-9)7-2-4-12-5-7/h2,4-6,12H,1,3,11H2. The highest BCUT2D eigenvalue weighted by Crippen LogP contribution is 2.21. The molecular formula is C10H11N5S. The molecule has 0 radical (unpaired) electrons. The van der Waals surface area contributed by atoms with Crippen LogP contribution in [0.3, 0.4) is 0 Å². The van der Waals surface area contributed by atoms with Crippen LogP contribution in [0.15, 0.2) is 24.7 Å². The molecule has 0 aliphatic rings. The van der Waals surface area contributed by atoms with Gasteiger partial charge in [0, 0.05) is 24.4 Å². The van der Waals surface area contributed by atoms with Gasteiger partial charge in [0.1, 0.15) is 5.01 Å². The van der Waals surface area contributed by atoms with Gasteiger partial charge in [-0.15, -0.1) is 0 Å². The van der Waals surface area contributed by atoms with Gasteiger partial charge in [0.2, 0.25) is 4.96 Å². The molecule has 82 valence electrons. The largest absolute Gasteiger partial charge is 0.367 e. The Morgan fingerprint density at radius 2 is 2.44 bits per heavy atom. The molecule has 0 aliphatic heterocycles. The van der Waals surface area contributed by atoms with Crippen LogP contribution in [0, 0.1) is 0 Å². The van der Waals surface area contributed by atoms with Gasteiger partial charge in [-0.25, -0.2) is 9.50 Å². The summed E-state index contributed by atoms with van der Waals surface area (Å²) >= 11 is 1.59. The Labute approximate surface area is 95.9 Å². The zero-order valence-corrected chi connectivity index (χ0v) is 9.37. The topological polar surface area (TPSA) is 72.0 Å². The first kappa shape index (κ1) is 9.56. The molecule has 16 heavy (non-hydrogen) atoms. The third-order valence-electron chi connectivity index (χ3n) is 2.34. The van der Waals surface area contributed by atoms with Crippen LogP contribution in [0.2, 0.25) is 0 Å². The first-order valence-corrected chi connectivity index (χ1v) is 5.87. The van der Waals surface area contributed by atoms with Crippen molar-refractivity contribution >= 4 is 16.3 Å². The number of aromatic amines is 1. The summed E-state index contributed by atoms with van der Waals surface area (Å²) in [5.41, 5.74) is 7.52. The van der Waals surface area contributed by atoms with Crippen molar-refractivity contribution in [3.8, 4) is 11.3 Å². The molecule has 3 rings (SSSR count). The summed E-state index contributed by atoms with van der Waals surface area (Å²) in [5.74, 6) is 0. The third-order valence-corrected chi connectivity index (χ3v) is 3.32. The van der Waals surface area contributed by atoms with E-state index in [0.29, 0.717) is 6.54 Å². The molecule has 6 heteroatoms. The van der Waals surface area contributed by atoms with Gasteiger partial charge >= 0.3 is 0 Å². The van der Waals surface area contributed by atoms with E-state index in [-0.39, 0.29) is 0 Å². The maximum atomic E-state index is 5.49. The maximum Gasteiger partial charge on any atom is 0.212 e. The SMILES string of the molecule is NCCc1nn2cc(-c3cc[nH]c3)nc2s1. The number of fused-ring (bicyclic) bond motifs is 1. The van der Waals surface area contributed by atoms with Gasteiger partial charge in [-0.2, -0.15) is 5.10 Å². The molecule has 0 fully saturated rings. The van der Waals surface area contributed by atoms with Crippen LogP contribution in [0.4, 0.5) is 0 Å². The summed E-state index contributed by atoms with van der Waals surface area (Å²) in [4.78, 5) is 8.45.